The van der Waals surface area contributed by atoms with Crippen LogP contribution in [0.5, 0.6) is 0 Å². The van der Waals surface area contributed by atoms with Crippen molar-refractivity contribution in [3.8, 4) is 0 Å². The summed E-state index contributed by atoms with van der Waals surface area (Å²) in [6.45, 7) is 2.04. The Kier molecular flexibility index (Phi) is 2.65. The monoisotopic (exact) mass is 229 g/mol. The molecule has 1 aromatic rings. The molecule has 0 spiro atoms. The van der Waals surface area contributed by atoms with Gasteiger partial charge >= 0.3 is 0 Å². The molecule has 0 unspecified atom stereocenters. The van der Waals surface area contributed by atoms with E-state index < -0.39 is 0 Å². The van der Waals surface area contributed by atoms with Crippen molar-refractivity contribution in [1.82, 2.24) is 0 Å². The molecule has 90 valence electrons. The van der Waals surface area contributed by atoms with Crippen LogP contribution in [0.25, 0.3) is 0 Å². The minimum absolute atomic E-state index is 0.242. The van der Waals surface area contributed by atoms with Gasteiger partial charge in [-0.3, -0.25) is 4.79 Å². The predicted molar refractivity (Wildman–Crippen MR) is 68.7 cm³/mol. The van der Waals surface area contributed by atoms with E-state index in [9.17, 15) is 4.79 Å². The molecule has 1 amide bonds. The second kappa shape index (κ2) is 4.17. The third-order valence-electron chi connectivity index (χ3n) is 4.48. The molecule has 0 heterocycles. The fraction of sp³-hybridized carbons (Fsp3) is 0.533. The lowest BCUT2D eigenvalue weighted by Crippen LogP contribution is -2.27. The van der Waals surface area contributed by atoms with E-state index in [0.29, 0.717) is 5.92 Å². The lowest BCUT2D eigenvalue weighted by molar-refractivity contribution is -0.121. The number of amides is 1. The van der Waals surface area contributed by atoms with Crippen LogP contribution in [0.2, 0.25) is 0 Å². The number of anilines is 1. The zero-order chi connectivity index (χ0) is 11.8. The van der Waals surface area contributed by atoms with Crippen LogP contribution in [0.4, 0.5) is 5.69 Å². The molecule has 2 bridgehead atoms. The largest absolute Gasteiger partial charge is 0.326 e. The topological polar surface area (TPSA) is 29.1 Å². The molecule has 0 aliphatic heterocycles. The molecular weight excluding hydrogens is 210 g/mol. The number of hydrogen-bond donors (Lipinski definition) is 1. The highest BCUT2D eigenvalue weighted by Gasteiger charge is 2.42. The van der Waals surface area contributed by atoms with Gasteiger partial charge in [-0.2, -0.15) is 0 Å². The van der Waals surface area contributed by atoms with Crippen molar-refractivity contribution in [1.29, 1.82) is 0 Å². The zero-order valence-electron chi connectivity index (χ0n) is 10.3. The van der Waals surface area contributed by atoms with Gasteiger partial charge in [0.15, 0.2) is 0 Å². The highest BCUT2D eigenvalue weighted by Crippen LogP contribution is 2.48. The lowest BCUT2D eigenvalue weighted by atomic mass is 9.88. The van der Waals surface area contributed by atoms with Gasteiger partial charge < -0.3 is 5.32 Å². The van der Waals surface area contributed by atoms with Gasteiger partial charge in [-0.15, -0.1) is 0 Å². The van der Waals surface area contributed by atoms with Gasteiger partial charge in [0.1, 0.15) is 0 Å². The van der Waals surface area contributed by atoms with Gasteiger partial charge in [0.05, 0.1) is 0 Å². The normalized spacial score (nSPS) is 30.5. The van der Waals surface area contributed by atoms with Gasteiger partial charge in [-0.25, -0.2) is 0 Å². The Bertz CT molecular complexity index is 440. The Hall–Kier alpha value is -1.31. The molecule has 0 radical (unpaired) electrons. The fourth-order valence-electron chi connectivity index (χ4n) is 3.50. The van der Waals surface area contributed by atoms with Gasteiger partial charge in [0, 0.05) is 11.6 Å². The maximum atomic E-state index is 12.2. The molecule has 0 aromatic heterocycles. The first-order chi connectivity index (χ1) is 8.24. The molecule has 0 saturated heterocycles. The maximum absolute atomic E-state index is 12.2. The first kappa shape index (κ1) is 10.8. The van der Waals surface area contributed by atoms with Crippen molar-refractivity contribution < 1.29 is 4.79 Å². The van der Waals surface area contributed by atoms with Crippen molar-refractivity contribution in [2.75, 3.05) is 5.32 Å². The third kappa shape index (κ3) is 1.97. The summed E-state index contributed by atoms with van der Waals surface area (Å²) in [6, 6.07) is 8.00. The Balaban J connectivity index is 1.70. The van der Waals surface area contributed by atoms with Crippen LogP contribution in [0.15, 0.2) is 24.3 Å². The molecule has 1 aromatic carbocycles. The van der Waals surface area contributed by atoms with Crippen molar-refractivity contribution in [3.05, 3.63) is 29.8 Å². The van der Waals surface area contributed by atoms with E-state index in [4.69, 9.17) is 0 Å². The molecule has 3 atom stereocenters. The van der Waals surface area contributed by atoms with E-state index in [-0.39, 0.29) is 11.8 Å². The predicted octanol–water partition coefficient (Wildman–Crippen LogP) is 3.37. The Morgan fingerprint density at radius 2 is 2.06 bits per heavy atom. The second-order valence-corrected chi connectivity index (χ2v) is 5.59. The highest BCUT2D eigenvalue weighted by atomic mass is 16.1. The third-order valence-corrected chi connectivity index (χ3v) is 4.48. The summed E-state index contributed by atoms with van der Waals surface area (Å²) in [5, 5.41) is 3.10. The highest BCUT2D eigenvalue weighted by molar-refractivity contribution is 5.93. The first-order valence-corrected chi connectivity index (χ1v) is 6.60. The number of hydrogen-bond acceptors (Lipinski definition) is 1. The van der Waals surface area contributed by atoms with Gasteiger partial charge in [0.2, 0.25) is 5.91 Å². The van der Waals surface area contributed by atoms with Gasteiger partial charge in [-0.05, 0) is 49.7 Å². The number of fused-ring (bicyclic) bond motifs is 2. The summed E-state index contributed by atoms with van der Waals surface area (Å²) < 4.78 is 0. The van der Waals surface area contributed by atoms with Crippen LogP contribution in [-0.4, -0.2) is 5.91 Å². The lowest BCUT2D eigenvalue weighted by Gasteiger charge is -2.21. The summed E-state index contributed by atoms with van der Waals surface area (Å²) in [5.41, 5.74) is 2.12. The zero-order valence-corrected chi connectivity index (χ0v) is 10.3. The standard InChI is InChI=1S/C15H19NO/c1-10-4-2-3-5-14(10)16-15(17)13-9-11-6-7-12(13)8-11/h2-5,11-13H,6-9H2,1H3,(H,16,17)/t11-,12-,13+/m1/s1. The van der Waals surface area contributed by atoms with Crippen LogP contribution < -0.4 is 5.32 Å². The average molecular weight is 229 g/mol. The number of carbonyl (C=O) groups is 1. The minimum Gasteiger partial charge on any atom is -0.326 e. The van der Waals surface area contributed by atoms with Crippen molar-refractivity contribution in [2.24, 2.45) is 17.8 Å². The molecule has 2 aliphatic carbocycles. The van der Waals surface area contributed by atoms with Crippen molar-refractivity contribution in [3.63, 3.8) is 0 Å². The molecule has 1 N–H and O–H groups in total. The van der Waals surface area contributed by atoms with E-state index in [1.165, 1.54) is 19.3 Å². The summed E-state index contributed by atoms with van der Waals surface area (Å²) in [7, 11) is 0. The molecule has 2 nitrogen and oxygen atoms in total. The SMILES string of the molecule is Cc1ccccc1NC(=O)[C@H]1C[C@@H]2CC[C@@H]1C2. The van der Waals surface area contributed by atoms with Crippen LogP contribution in [0.3, 0.4) is 0 Å². The number of aryl methyl sites for hydroxylation is 1. The minimum atomic E-state index is 0.242. The quantitative estimate of drug-likeness (QED) is 0.827. The number of rotatable bonds is 2. The molecule has 2 heteroatoms. The summed E-state index contributed by atoms with van der Waals surface area (Å²) in [6.07, 6.45) is 5.00. The van der Waals surface area contributed by atoms with E-state index in [1.807, 2.05) is 31.2 Å². The number of benzene rings is 1. The molecule has 2 saturated carbocycles. The van der Waals surface area contributed by atoms with Crippen molar-refractivity contribution >= 4 is 11.6 Å². The first-order valence-electron chi connectivity index (χ1n) is 6.60. The Morgan fingerprint density at radius 3 is 2.71 bits per heavy atom. The van der Waals surface area contributed by atoms with Crippen LogP contribution >= 0.6 is 0 Å². The summed E-state index contributed by atoms with van der Waals surface area (Å²) >= 11 is 0. The Labute approximate surface area is 102 Å². The van der Waals surface area contributed by atoms with E-state index in [2.05, 4.69) is 5.32 Å². The molecular formula is C15H19NO. The average Bonchev–Trinajstić information content (AvgIpc) is 2.94. The number of carbonyl (C=O) groups excluding carboxylic acids is 1. The van der Waals surface area contributed by atoms with E-state index >= 15 is 0 Å². The van der Waals surface area contributed by atoms with Crippen molar-refractivity contribution in [2.45, 2.75) is 32.6 Å². The molecule has 17 heavy (non-hydrogen) atoms. The van der Waals surface area contributed by atoms with Crippen LogP contribution in [-0.2, 0) is 4.79 Å². The second-order valence-electron chi connectivity index (χ2n) is 5.59. The summed E-state index contributed by atoms with van der Waals surface area (Å²) in [4.78, 5) is 12.2. The smallest absolute Gasteiger partial charge is 0.227 e. The van der Waals surface area contributed by atoms with E-state index in [1.54, 1.807) is 0 Å². The Morgan fingerprint density at radius 1 is 1.24 bits per heavy atom. The van der Waals surface area contributed by atoms with Gasteiger partial charge in [-0.1, -0.05) is 24.6 Å². The summed E-state index contributed by atoms with van der Waals surface area (Å²) in [5.74, 6) is 2.00. The number of para-hydroxylation sites is 1. The van der Waals surface area contributed by atoms with E-state index in [0.717, 1.165) is 23.6 Å². The molecule has 3 rings (SSSR count). The maximum Gasteiger partial charge on any atom is 0.227 e. The van der Waals surface area contributed by atoms with Crippen LogP contribution in [0.1, 0.15) is 31.2 Å². The number of nitrogens with one attached hydrogen (secondary N) is 1. The fourth-order valence-corrected chi connectivity index (χ4v) is 3.50. The molecule has 2 aliphatic rings. The van der Waals surface area contributed by atoms with Gasteiger partial charge in [0.25, 0.3) is 0 Å². The molecule has 2 fully saturated rings. The van der Waals surface area contributed by atoms with Crippen LogP contribution in [0, 0.1) is 24.7 Å².